The summed E-state index contributed by atoms with van der Waals surface area (Å²) in [6, 6.07) is 10.3. The Balaban J connectivity index is 1.30. The molecule has 2 aliphatic heterocycles. The van der Waals surface area contributed by atoms with Gasteiger partial charge in [0.2, 0.25) is 0 Å². The monoisotopic (exact) mass is 431 g/mol. The van der Waals surface area contributed by atoms with Crippen LogP contribution in [0, 0.1) is 0 Å². The van der Waals surface area contributed by atoms with Crippen molar-refractivity contribution in [1.82, 2.24) is 15.0 Å². The fraction of sp³-hybridized carbons (Fsp3) is 0.316. The van der Waals surface area contributed by atoms with Crippen LogP contribution in [0.25, 0.3) is 11.2 Å². The summed E-state index contributed by atoms with van der Waals surface area (Å²) in [5, 5.41) is 15.4. The summed E-state index contributed by atoms with van der Waals surface area (Å²) in [5.41, 5.74) is 1.51. The van der Waals surface area contributed by atoms with Gasteiger partial charge in [-0.2, -0.15) is 4.98 Å². The normalized spacial score (nSPS) is 25.3. The van der Waals surface area contributed by atoms with Crippen LogP contribution in [0.3, 0.4) is 0 Å². The summed E-state index contributed by atoms with van der Waals surface area (Å²) in [7, 11) is 0. The maximum atomic E-state index is 12.2. The summed E-state index contributed by atoms with van der Waals surface area (Å²) in [6.07, 6.45) is -1.82. The highest BCUT2D eigenvalue weighted by molar-refractivity contribution is 6.34. The molecule has 156 valence electrons. The van der Waals surface area contributed by atoms with Gasteiger partial charge in [0, 0.05) is 5.69 Å². The van der Waals surface area contributed by atoms with Crippen molar-refractivity contribution in [2.24, 2.45) is 0 Å². The van der Waals surface area contributed by atoms with Gasteiger partial charge in [0.25, 0.3) is 6.01 Å². The van der Waals surface area contributed by atoms with Gasteiger partial charge < -0.3 is 29.6 Å². The summed E-state index contributed by atoms with van der Waals surface area (Å²) >= 11 is 6.26. The third kappa shape index (κ3) is 3.65. The van der Waals surface area contributed by atoms with E-state index in [1.807, 2.05) is 18.2 Å². The first-order valence-corrected chi connectivity index (χ1v) is 9.72. The lowest BCUT2D eigenvalue weighted by atomic mass is 10.1. The molecule has 2 aliphatic rings. The van der Waals surface area contributed by atoms with E-state index in [0.717, 1.165) is 0 Å². The average molecular weight is 432 g/mol. The molecule has 30 heavy (non-hydrogen) atoms. The number of aliphatic hydroxyl groups excluding tert-OH is 1. The summed E-state index contributed by atoms with van der Waals surface area (Å²) in [4.78, 5) is 23.8. The van der Waals surface area contributed by atoms with E-state index in [-0.39, 0.29) is 36.2 Å². The molecule has 5 rings (SSSR count). The van der Waals surface area contributed by atoms with E-state index in [1.165, 1.54) is 0 Å². The van der Waals surface area contributed by atoms with Crippen molar-refractivity contribution in [2.75, 3.05) is 23.8 Å². The number of aromatic amines is 1. The molecule has 4 N–H and O–H groups in total. The quantitative estimate of drug-likeness (QED) is 0.498. The summed E-state index contributed by atoms with van der Waals surface area (Å²) in [6.45, 7) is 0.497. The number of para-hydroxylation sites is 1. The van der Waals surface area contributed by atoms with Crippen LogP contribution in [0.2, 0.25) is 5.02 Å². The number of nitrogens with zero attached hydrogens (tertiary/aromatic N) is 2. The molecule has 4 heterocycles. The van der Waals surface area contributed by atoms with Crippen molar-refractivity contribution in [2.45, 2.75) is 24.4 Å². The van der Waals surface area contributed by atoms with Gasteiger partial charge in [-0.15, -0.1) is 0 Å². The lowest BCUT2D eigenvalue weighted by Gasteiger charge is -2.15. The minimum atomic E-state index is -0.657. The number of aliphatic hydroxyl groups is 1. The molecule has 0 bridgehead atoms. The van der Waals surface area contributed by atoms with Crippen LogP contribution >= 0.6 is 11.6 Å². The Bertz CT molecular complexity index is 1080. The third-order valence-corrected chi connectivity index (χ3v) is 5.20. The van der Waals surface area contributed by atoms with Gasteiger partial charge in [0.05, 0.1) is 23.8 Å². The van der Waals surface area contributed by atoms with E-state index < -0.39 is 24.3 Å². The van der Waals surface area contributed by atoms with E-state index in [2.05, 4.69) is 25.6 Å². The minimum Gasteiger partial charge on any atom is -0.456 e. The van der Waals surface area contributed by atoms with E-state index in [9.17, 15) is 9.90 Å². The summed E-state index contributed by atoms with van der Waals surface area (Å²) in [5.74, 6) is 0.169. The van der Waals surface area contributed by atoms with E-state index in [1.54, 1.807) is 18.2 Å². The predicted octanol–water partition coefficient (Wildman–Crippen LogP) is 2.16. The highest BCUT2D eigenvalue weighted by Crippen LogP contribution is 2.30. The van der Waals surface area contributed by atoms with Crippen molar-refractivity contribution in [3.63, 3.8) is 0 Å². The molecule has 2 fully saturated rings. The van der Waals surface area contributed by atoms with Crippen LogP contribution in [0.15, 0.2) is 36.4 Å². The van der Waals surface area contributed by atoms with Gasteiger partial charge in [0.1, 0.15) is 18.3 Å². The number of anilines is 2. The Kier molecular flexibility index (Phi) is 4.91. The molecule has 1 aromatic carbocycles. The van der Waals surface area contributed by atoms with Crippen LogP contribution in [0.4, 0.5) is 16.3 Å². The lowest BCUT2D eigenvalue weighted by molar-refractivity contribution is 0.00706. The van der Waals surface area contributed by atoms with Gasteiger partial charge in [-0.25, -0.2) is 9.78 Å². The first kappa shape index (κ1) is 19.1. The zero-order valence-corrected chi connectivity index (χ0v) is 16.3. The molecule has 11 heteroatoms. The molecule has 0 spiro atoms. The van der Waals surface area contributed by atoms with Crippen LogP contribution in [-0.4, -0.2) is 63.7 Å². The number of amides is 2. The number of carbonyl (C=O) groups is 1. The minimum absolute atomic E-state index is 0.169. The molecular weight excluding hydrogens is 414 g/mol. The van der Waals surface area contributed by atoms with Gasteiger partial charge in [-0.3, -0.25) is 5.32 Å². The SMILES string of the molecule is O=C(Nc1ccccc1)Nc1nc2nc(O[C@@H]3COC4[C@H](O)CO[C@@H]43)[nH]c2cc1Cl. The van der Waals surface area contributed by atoms with E-state index >= 15 is 0 Å². The largest absolute Gasteiger partial charge is 0.456 e. The van der Waals surface area contributed by atoms with Crippen molar-refractivity contribution in [3.05, 3.63) is 41.4 Å². The van der Waals surface area contributed by atoms with Crippen LogP contribution < -0.4 is 15.4 Å². The van der Waals surface area contributed by atoms with Crippen molar-refractivity contribution in [3.8, 4) is 6.01 Å². The van der Waals surface area contributed by atoms with Gasteiger partial charge in [-0.1, -0.05) is 29.8 Å². The van der Waals surface area contributed by atoms with E-state index in [4.69, 9.17) is 25.8 Å². The predicted molar refractivity (Wildman–Crippen MR) is 108 cm³/mol. The number of urea groups is 1. The number of aromatic nitrogens is 3. The highest BCUT2D eigenvalue weighted by atomic mass is 35.5. The number of carbonyl (C=O) groups excluding carboxylic acids is 1. The Hall–Kier alpha value is -2.92. The second-order valence-corrected chi connectivity index (χ2v) is 7.40. The number of H-pyrrole nitrogens is 1. The topological polar surface area (TPSA) is 131 Å². The number of hydrogen-bond donors (Lipinski definition) is 4. The van der Waals surface area contributed by atoms with Crippen LogP contribution in [0.5, 0.6) is 6.01 Å². The number of pyridine rings is 1. The molecule has 2 saturated heterocycles. The molecule has 0 aliphatic carbocycles. The molecule has 3 aromatic rings. The third-order valence-electron chi connectivity index (χ3n) is 4.91. The van der Waals surface area contributed by atoms with Gasteiger partial charge in [-0.05, 0) is 18.2 Å². The first-order valence-electron chi connectivity index (χ1n) is 9.34. The Morgan fingerprint density at radius 3 is 2.80 bits per heavy atom. The molecule has 10 nitrogen and oxygen atoms in total. The second kappa shape index (κ2) is 7.73. The Morgan fingerprint density at radius 1 is 1.17 bits per heavy atom. The fourth-order valence-electron chi connectivity index (χ4n) is 3.52. The fourth-order valence-corrected chi connectivity index (χ4v) is 3.72. The van der Waals surface area contributed by atoms with Crippen molar-refractivity contribution in [1.29, 1.82) is 0 Å². The number of benzene rings is 1. The number of imidazole rings is 1. The smallest absolute Gasteiger partial charge is 0.324 e. The molecule has 4 atom stereocenters. The number of nitrogens with one attached hydrogen (secondary N) is 3. The second-order valence-electron chi connectivity index (χ2n) is 7.00. The van der Waals surface area contributed by atoms with E-state index in [0.29, 0.717) is 16.9 Å². The number of rotatable bonds is 4. The zero-order valence-electron chi connectivity index (χ0n) is 15.5. The molecular formula is C19H18ClN5O5. The van der Waals surface area contributed by atoms with Gasteiger partial charge >= 0.3 is 6.03 Å². The Morgan fingerprint density at radius 2 is 1.97 bits per heavy atom. The summed E-state index contributed by atoms with van der Waals surface area (Å²) < 4.78 is 16.9. The molecule has 2 amide bonds. The molecule has 0 radical (unpaired) electrons. The molecule has 1 unspecified atom stereocenters. The highest BCUT2D eigenvalue weighted by Gasteiger charge is 2.48. The average Bonchev–Trinajstić information content (AvgIpc) is 3.40. The zero-order chi connectivity index (χ0) is 20.7. The lowest BCUT2D eigenvalue weighted by Crippen LogP contribution is -2.34. The number of hydrogen-bond acceptors (Lipinski definition) is 7. The maximum absolute atomic E-state index is 12.2. The Labute approximate surface area is 175 Å². The number of ether oxygens (including phenoxy) is 3. The number of halogens is 1. The maximum Gasteiger partial charge on any atom is 0.324 e. The van der Waals surface area contributed by atoms with Gasteiger partial charge in [0.15, 0.2) is 17.6 Å². The van der Waals surface area contributed by atoms with Crippen molar-refractivity contribution >= 4 is 40.3 Å². The van der Waals surface area contributed by atoms with Crippen LogP contribution in [0.1, 0.15) is 0 Å². The molecule has 0 saturated carbocycles. The first-order chi connectivity index (χ1) is 14.6. The standard InChI is InChI=1S/C19H18ClN5O5/c20-10-6-11-17(23-16(10)24-18(27)21-9-4-2-1-3-5-9)25-19(22-11)30-13-8-29-14-12(26)7-28-15(13)14/h1-6,12-15,26H,7-8H2,(H3,21,22,23,24,25,27)/t12-,13-,14?,15-/m1/s1. The van der Waals surface area contributed by atoms with Crippen LogP contribution in [-0.2, 0) is 9.47 Å². The van der Waals surface area contributed by atoms with Crippen molar-refractivity contribution < 1.29 is 24.1 Å². The molecule has 2 aromatic heterocycles. The number of fused-ring (bicyclic) bond motifs is 2.